The molecule has 0 radical (unpaired) electrons. The molecule has 1 saturated heterocycles. The summed E-state index contributed by atoms with van der Waals surface area (Å²) in [5, 5.41) is 13.2. The van der Waals surface area contributed by atoms with Crippen LogP contribution in [0.2, 0.25) is 0 Å². The van der Waals surface area contributed by atoms with Crippen molar-refractivity contribution in [2.75, 3.05) is 18.0 Å². The summed E-state index contributed by atoms with van der Waals surface area (Å²) in [7, 11) is 0. The first-order valence-electron chi connectivity index (χ1n) is 6.44. The molecule has 94 valence electrons. The maximum Gasteiger partial charge on any atom is 0.140 e. The van der Waals surface area contributed by atoms with Crippen LogP contribution in [-0.4, -0.2) is 34.3 Å². The molecule has 2 aromatic heterocycles. The van der Waals surface area contributed by atoms with Gasteiger partial charge in [-0.1, -0.05) is 0 Å². The van der Waals surface area contributed by atoms with Gasteiger partial charge in [0.2, 0.25) is 0 Å². The molecule has 1 saturated carbocycles. The van der Waals surface area contributed by atoms with Gasteiger partial charge in [-0.15, -0.1) is 11.3 Å². The second-order valence-corrected chi connectivity index (χ2v) is 6.20. The fraction of sp³-hybridized carbons (Fsp3) is 0.538. The van der Waals surface area contributed by atoms with Crippen LogP contribution in [0.5, 0.6) is 0 Å². The topological polar surface area (TPSA) is 49.2 Å². The summed E-state index contributed by atoms with van der Waals surface area (Å²) in [4.78, 5) is 12.1. The summed E-state index contributed by atoms with van der Waals surface area (Å²) in [6.45, 7) is 1.97. The molecular formula is C13H15N3OS. The summed E-state index contributed by atoms with van der Waals surface area (Å²) >= 11 is 1.65. The molecule has 4 rings (SSSR count). The highest BCUT2D eigenvalue weighted by Crippen LogP contribution is 2.40. The fourth-order valence-corrected chi connectivity index (χ4v) is 4.17. The van der Waals surface area contributed by atoms with Gasteiger partial charge in [-0.3, -0.25) is 0 Å². The number of nitrogens with zero attached hydrogens (tertiary/aromatic N) is 3. The summed E-state index contributed by atoms with van der Waals surface area (Å²) in [6.07, 6.45) is 3.67. The Morgan fingerprint density at radius 1 is 1.28 bits per heavy atom. The Hall–Kier alpha value is -1.20. The van der Waals surface area contributed by atoms with E-state index < -0.39 is 0 Å². The van der Waals surface area contributed by atoms with E-state index >= 15 is 0 Å². The lowest BCUT2D eigenvalue weighted by Gasteiger charge is -2.19. The van der Waals surface area contributed by atoms with Crippen molar-refractivity contribution in [3.8, 4) is 0 Å². The molecule has 1 aliphatic carbocycles. The highest BCUT2D eigenvalue weighted by atomic mass is 32.1. The van der Waals surface area contributed by atoms with E-state index in [1.165, 1.54) is 0 Å². The molecule has 3 heterocycles. The molecule has 0 bridgehead atoms. The zero-order chi connectivity index (χ0) is 12.1. The Morgan fingerprint density at radius 3 is 3.11 bits per heavy atom. The van der Waals surface area contributed by atoms with Crippen molar-refractivity contribution >= 4 is 27.4 Å². The zero-order valence-corrected chi connectivity index (χ0v) is 10.8. The van der Waals surface area contributed by atoms with Crippen molar-refractivity contribution in [3.05, 3.63) is 17.8 Å². The third-order valence-corrected chi connectivity index (χ3v) is 5.18. The van der Waals surface area contributed by atoms with E-state index in [2.05, 4.69) is 26.3 Å². The first-order valence-corrected chi connectivity index (χ1v) is 7.32. The van der Waals surface area contributed by atoms with Crippen LogP contribution in [0.1, 0.15) is 12.8 Å². The van der Waals surface area contributed by atoms with E-state index in [4.69, 9.17) is 0 Å². The highest BCUT2D eigenvalue weighted by molar-refractivity contribution is 7.16. The zero-order valence-electron chi connectivity index (χ0n) is 9.99. The molecule has 2 aromatic rings. The van der Waals surface area contributed by atoms with Crippen LogP contribution in [-0.2, 0) is 0 Å². The maximum atomic E-state index is 9.98. The van der Waals surface area contributed by atoms with Crippen molar-refractivity contribution in [1.82, 2.24) is 9.97 Å². The Balaban J connectivity index is 1.70. The number of anilines is 1. The number of rotatable bonds is 1. The molecule has 5 heteroatoms. The monoisotopic (exact) mass is 261 g/mol. The number of hydrogen-bond donors (Lipinski definition) is 1. The minimum Gasteiger partial charge on any atom is -0.393 e. The number of hydrogen-bond acceptors (Lipinski definition) is 5. The number of fused-ring (bicyclic) bond motifs is 2. The number of aromatic nitrogens is 2. The number of thiophene rings is 1. The predicted octanol–water partition coefficient (Wildman–Crippen LogP) is 1.90. The molecule has 3 atom stereocenters. The van der Waals surface area contributed by atoms with Gasteiger partial charge < -0.3 is 10.0 Å². The molecule has 1 aliphatic heterocycles. The molecular weight excluding hydrogens is 246 g/mol. The molecule has 18 heavy (non-hydrogen) atoms. The van der Waals surface area contributed by atoms with E-state index in [9.17, 15) is 5.11 Å². The lowest BCUT2D eigenvalue weighted by molar-refractivity contribution is 0.133. The number of aliphatic hydroxyl groups excluding tert-OH is 1. The molecule has 3 unspecified atom stereocenters. The van der Waals surface area contributed by atoms with Crippen molar-refractivity contribution in [3.63, 3.8) is 0 Å². The van der Waals surface area contributed by atoms with E-state index in [0.29, 0.717) is 11.8 Å². The first-order chi connectivity index (χ1) is 8.83. The van der Waals surface area contributed by atoms with Crippen molar-refractivity contribution in [2.45, 2.75) is 18.9 Å². The third kappa shape index (κ3) is 1.47. The lowest BCUT2D eigenvalue weighted by Crippen LogP contribution is -2.25. The summed E-state index contributed by atoms with van der Waals surface area (Å²) in [5.41, 5.74) is 0. The van der Waals surface area contributed by atoms with Gasteiger partial charge in [0, 0.05) is 19.0 Å². The van der Waals surface area contributed by atoms with Crippen molar-refractivity contribution < 1.29 is 5.11 Å². The van der Waals surface area contributed by atoms with Gasteiger partial charge >= 0.3 is 0 Å². The minimum absolute atomic E-state index is 0.111. The Morgan fingerprint density at radius 2 is 2.22 bits per heavy atom. The van der Waals surface area contributed by atoms with E-state index in [-0.39, 0.29) is 6.10 Å². The van der Waals surface area contributed by atoms with Crippen LogP contribution >= 0.6 is 11.3 Å². The molecule has 0 aromatic carbocycles. The third-order valence-electron chi connectivity index (χ3n) is 4.36. The standard InChI is InChI=1S/C13H15N3OS/c17-11-2-1-8-5-16(6-10(8)11)12-9-3-4-18-13(9)15-7-14-12/h3-4,7-8,10-11,17H,1-2,5-6H2. The number of aliphatic hydroxyl groups is 1. The van der Waals surface area contributed by atoms with Gasteiger partial charge in [0.05, 0.1) is 11.5 Å². The second-order valence-electron chi connectivity index (χ2n) is 5.31. The molecule has 4 nitrogen and oxygen atoms in total. The Kier molecular flexibility index (Phi) is 2.32. The first kappa shape index (κ1) is 10.7. The molecule has 2 fully saturated rings. The van der Waals surface area contributed by atoms with Crippen molar-refractivity contribution in [2.24, 2.45) is 11.8 Å². The van der Waals surface area contributed by atoms with Gasteiger partial charge in [-0.05, 0) is 30.2 Å². The van der Waals surface area contributed by atoms with Crippen LogP contribution in [0.3, 0.4) is 0 Å². The van der Waals surface area contributed by atoms with E-state index in [0.717, 1.165) is 42.0 Å². The predicted molar refractivity (Wildman–Crippen MR) is 71.8 cm³/mol. The quantitative estimate of drug-likeness (QED) is 0.852. The van der Waals surface area contributed by atoms with Crippen LogP contribution in [0.25, 0.3) is 10.2 Å². The molecule has 1 N–H and O–H groups in total. The second kappa shape index (κ2) is 3.90. The molecule has 2 aliphatic rings. The largest absolute Gasteiger partial charge is 0.393 e. The van der Waals surface area contributed by atoms with Crippen LogP contribution in [0.4, 0.5) is 5.82 Å². The summed E-state index contributed by atoms with van der Waals surface area (Å²) < 4.78 is 0. The SMILES string of the molecule is OC1CCC2CN(c3ncnc4sccc34)CC12. The average molecular weight is 261 g/mol. The molecule has 0 spiro atoms. The lowest BCUT2D eigenvalue weighted by atomic mass is 10.00. The minimum atomic E-state index is -0.111. The Bertz CT molecular complexity index is 584. The van der Waals surface area contributed by atoms with Gasteiger partial charge in [0.25, 0.3) is 0 Å². The van der Waals surface area contributed by atoms with E-state index in [1.54, 1.807) is 17.7 Å². The summed E-state index contributed by atoms with van der Waals surface area (Å²) in [6, 6.07) is 2.10. The highest BCUT2D eigenvalue weighted by Gasteiger charge is 2.42. The van der Waals surface area contributed by atoms with Gasteiger partial charge in [0.15, 0.2) is 0 Å². The van der Waals surface area contributed by atoms with E-state index in [1.807, 2.05) is 0 Å². The smallest absolute Gasteiger partial charge is 0.140 e. The van der Waals surface area contributed by atoms with Crippen molar-refractivity contribution in [1.29, 1.82) is 0 Å². The maximum absolute atomic E-state index is 9.98. The average Bonchev–Trinajstić information content (AvgIpc) is 3.06. The van der Waals surface area contributed by atoms with Gasteiger partial charge in [-0.25, -0.2) is 9.97 Å². The van der Waals surface area contributed by atoms with Crippen LogP contribution in [0.15, 0.2) is 17.8 Å². The molecule has 0 amide bonds. The fourth-order valence-electron chi connectivity index (χ4n) is 3.44. The van der Waals surface area contributed by atoms with Gasteiger partial charge in [0.1, 0.15) is 17.0 Å². The Labute approximate surface area is 109 Å². The van der Waals surface area contributed by atoms with Crippen LogP contribution < -0.4 is 4.90 Å². The summed E-state index contributed by atoms with van der Waals surface area (Å²) in [5.74, 6) is 2.13. The normalized spacial score (nSPS) is 31.2. The van der Waals surface area contributed by atoms with Gasteiger partial charge in [-0.2, -0.15) is 0 Å². The van der Waals surface area contributed by atoms with Crippen LogP contribution in [0, 0.1) is 11.8 Å².